The van der Waals surface area contributed by atoms with Crippen LogP contribution < -0.4 is 21.7 Å². The molecule has 0 aliphatic carbocycles. The van der Waals surface area contributed by atoms with Gasteiger partial charge >= 0.3 is 30.1 Å². The molecule has 15 nitrogen and oxygen atoms in total. The summed E-state index contributed by atoms with van der Waals surface area (Å²) in [4.78, 5) is 74.4. The predicted molar refractivity (Wildman–Crippen MR) is 212 cm³/mol. The molecule has 0 spiro atoms. The van der Waals surface area contributed by atoms with Crippen LogP contribution in [0.15, 0.2) is 48.5 Å². The van der Waals surface area contributed by atoms with Crippen molar-refractivity contribution >= 4 is 67.9 Å². The van der Waals surface area contributed by atoms with E-state index in [0.717, 1.165) is 11.1 Å². The van der Waals surface area contributed by atoms with E-state index < -0.39 is 71.4 Å². The zero-order chi connectivity index (χ0) is 42.5. The third-order valence-electron chi connectivity index (χ3n) is 6.40. The third kappa shape index (κ3) is 21.4. The largest absolute Gasteiger partial charge is 0.478 e. The van der Waals surface area contributed by atoms with Gasteiger partial charge in [0.25, 0.3) is 5.91 Å². The van der Waals surface area contributed by atoms with Gasteiger partial charge in [0.2, 0.25) is 0 Å². The lowest BCUT2D eigenvalue weighted by Gasteiger charge is -2.26. The zero-order valence-electron chi connectivity index (χ0n) is 32.3. The summed E-state index contributed by atoms with van der Waals surface area (Å²) in [6, 6.07) is 9.60. The predicted octanol–water partition coefficient (Wildman–Crippen LogP) is 5.06. The van der Waals surface area contributed by atoms with Crippen LogP contribution >= 0.6 is 31.9 Å². The summed E-state index contributed by atoms with van der Waals surface area (Å²) >= 11 is 5.96. The summed E-state index contributed by atoms with van der Waals surface area (Å²) in [5.41, 5.74) is 6.40. The molecule has 17 heteroatoms. The summed E-state index contributed by atoms with van der Waals surface area (Å²) in [5, 5.41) is 16.1. The molecule has 0 bridgehead atoms. The van der Waals surface area contributed by atoms with Gasteiger partial charge in [0.15, 0.2) is 0 Å². The van der Waals surface area contributed by atoms with Crippen molar-refractivity contribution in [1.82, 2.24) is 16.0 Å². The van der Waals surface area contributed by atoms with E-state index >= 15 is 0 Å². The van der Waals surface area contributed by atoms with E-state index in [1.807, 2.05) is 0 Å². The first kappa shape index (κ1) is 49.9. The molecule has 0 aliphatic rings. The van der Waals surface area contributed by atoms with Gasteiger partial charge in [0.1, 0.15) is 23.3 Å². The fourth-order valence-electron chi connectivity index (χ4n) is 3.75. The number of ether oxygens (including phenoxy) is 4. The van der Waals surface area contributed by atoms with E-state index in [2.05, 4.69) is 74.0 Å². The van der Waals surface area contributed by atoms with Gasteiger partial charge in [-0.3, -0.25) is 9.59 Å². The van der Waals surface area contributed by atoms with Gasteiger partial charge in [-0.2, -0.15) is 0 Å². The maximum atomic E-state index is 12.5. The number of alkyl carbamates (subject to hydrolysis) is 2. The Labute approximate surface area is 338 Å². The van der Waals surface area contributed by atoms with Crippen LogP contribution in [0.1, 0.15) is 87.2 Å². The molecular formula is C38H48Br2N4O11. The molecule has 0 unspecified atom stereocenters. The number of carboxylic acid groups (broad SMARTS) is 1. The number of aromatic carboxylic acids is 1. The number of nitrogens with two attached hydrogens (primary N) is 1. The van der Waals surface area contributed by atoms with Crippen LogP contribution in [0.25, 0.3) is 0 Å². The van der Waals surface area contributed by atoms with E-state index in [1.54, 1.807) is 91.8 Å². The molecular weight excluding hydrogens is 848 g/mol. The Morgan fingerprint density at radius 2 is 1.04 bits per heavy atom. The number of carbonyl (C=O) groups is 6. The van der Waals surface area contributed by atoms with Gasteiger partial charge in [0, 0.05) is 48.6 Å². The number of hydrogen-bond donors (Lipinski definition) is 5. The fraction of sp³-hybridized carbons (Fsp3) is 0.421. The van der Waals surface area contributed by atoms with Gasteiger partial charge in [-0.05, 0) is 114 Å². The Bertz CT molecular complexity index is 1730. The zero-order valence-corrected chi connectivity index (χ0v) is 35.5. The lowest BCUT2D eigenvalue weighted by Crippen LogP contribution is -2.55. The minimum Gasteiger partial charge on any atom is -0.478 e. The maximum absolute atomic E-state index is 12.5. The van der Waals surface area contributed by atoms with Gasteiger partial charge in [-0.1, -0.05) is 11.8 Å². The van der Waals surface area contributed by atoms with Crippen molar-refractivity contribution in [3.63, 3.8) is 0 Å². The molecule has 55 heavy (non-hydrogen) atoms. The number of methoxy groups -OCH3 is 2. The van der Waals surface area contributed by atoms with Gasteiger partial charge in [-0.25, -0.2) is 19.2 Å². The Morgan fingerprint density at radius 1 is 0.655 bits per heavy atom. The molecule has 4 atom stereocenters. The summed E-state index contributed by atoms with van der Waals surface area (Å²) in [7, 11) is 2.44. The second-order valence-electron chi connectivity index (χ2n) is 13.3. The summed E-state index contributed by atoms with van der Waals surface area (Å²) in [5.74, 6) is 2.87. The monoisotopic (exact) mass is 894 g/mol. The summed E-state index contributed by atoms with van der Waals surface area (Å²) in [6.07, 6.45) is -1.31. The second-order valence-corrected chi connectivity index (χ2v) is 14.1. The van der Waals surface area contributed by atoms with Crippen LogP contribution in [0.5, 0.6) is 0 Å². The molecule has 6 N–H and O–H groups in total. The fourth-order valence-corrected chi connectivity index (χ4v) is 4.21. The highest BCUT2D eigenvalue weighted by Crippen LogP contribution is 2.10. The molecule has 0 saturated carbocycles. The first-order valence-corrected chi connectivity index (χ1v) is 17.9. The van der Waals surface area contributed by atoms with Crippen molar-refractivity contribution in [2.45, 2.75) is 90.8 Å². The Hall–Kier alpha value is -5.10. The highest BCUT2D eigenvalue weighted by Gasteiger charge is 2.31. The highest BCUT2D eigenvalue weighted by molar-refractivity contribution is 9.12. The van der Waals surface area contributed by atoms with Crippen molar-refractivity contribution in [3.8, 4) is 21.5 Å². The number of amides is 3. The van der Waals surface area contributed by atoms with Crippen LogP contribution in [-0.4, -0.2) is 90.7 Å². The first-order chi connectivity index (χ1) is 25.5. The molecule has 0 fully saturated rings. The number of rotatable bonds is 9. The van der Waals surface area contributed by atoms with E-state index in [-0.39, 0.29) is 5.56 Å². The summed E-state index contributed by atoms with van der Waals surface area (Å²) < 4.78 is 19.4. The molecule has 2 aromatic rings. The Balaban J connectivity index is 0.000000879. The lowest BCUT2D eigenvalue weighted by molar-refractivity contribution is -0.144. The standard InChI is InChI=1S/C19H23BrN2O5.C10H20N2O4.C9H5BrO2/c1-12(21-18(25)27-19(2,3)4)15(17(24)26-5)22-16(23)14-8-6-13(7-9-14)10-11-20;1-6(7(11)8(13)15-5)12-9(14)16-10(2,3)4;10-6-5-7-1-3-8(4-2-7)9(11)12/h6-9,12,15H,1-5H3,(H,21,25)(H,22,23);6-7H,11H2,1-5H3,(H,12,14);1-4H,(H,11,12)/t12-,15+;6-,7+;/m11./s1. The van der Waals surface area contributed by atoms with Crippen LogP contribution in [0, 0.1) is 21.5 Å². The van der Waals surface area contributed by atoms with Crippen molar-refractivity contribution in [1.29, 1.82) is 0 Å². The van der Waals surface area contributed by atoms with Crippen LogP contribution in [0.4, 0.5) is 9.59 Å². The molecule has 3 amide bonds. The van der Waals surface area contributed by atoms with Gasteiger partial charge in [0.05, 0.1) is 31.9 Å². The Morgan fingerprint density at radius 3 is 1.38 bits per heavy atom. The minimum absolute atomic E-state index is 0.273. The first-order valence-electron chi connectivity index (χ1n) is 16.4. The third-order valence-corrected chi connectivity index (χ3v) is 6.80. The van der Waals surface area contributed by atoms with E-state index in [0.29, 0.717) is 5.56 Å². The van der Waals surface area contributed by atoms with Gasteiger partial charge < -0.3 is 45.7 Å². The Kier molecular flexibility index (Phi) is 22.1. The van der Waals surface area contributed by atoms with Crippen molar-refractivity contribution in [3.05, 3.63) is 70.8 Å². The molecule has 0 radical (unpaired) electrons. The van der Waals surface area contributed by atoms with E-state index in [4.69, 9.17) is 25.1 Å². The van der Waals surface area contributed by atoms with Crippen molar-refractivity contribution in [2.24, 2.45) is 5.73 Å². The van der Waals surface area contributed by atoms with Crippen molar-refractivity contribution < 1.29 is 52.8 Å². The quantitative estimate of drug-likeness (QED) is 0.127. The number of esters is 2. The SMILES string of the molecule is COC(=O)[C@@H](N)[C@@H](C)NC(=O)OC(C)(C)C.COC(=O)[C@@H](NC(=O)c1ccc(C#CBr)cc1)[C@@H](C)NC(=O)OC(C)(C)C.O=C(O)c1ccc(C#CBr)cc1. The lowest BCUT2D eigenvalue weighted by atomic mass is 10.1. The number of halogens is 2. The molecule has 300 valence electrons. The van der Waals surface area contributed by atoms with Crippen LogP contribution in [0.2, 0.25) is 0 Å². The average molecular weight is 897 g/mol. The minimum atomic E-state index is -1.09. The molecule has 0 saturated heterocycles. The number of benzene rings is 2. The maximum Gasteiger partial charge on any atom is 0.407 e. The topological polar surface area (TPSA) is 222 Å². The van der Waals surface area contributed by atoms with Crippen LogP contribution in [0.3, 0.4) is 0 Å². The number of carbonyl (C=O) groups excluding carboxylic acids is 5. The molecule has 0 aromatic heterocycles. The van der Waals surface area contributed by atoms with E-state index in [9.17, 15) is 28.8 Å². The molecule has 2 aromatic carbocycles. The summed E-state index contributed by atoms with van der Waals surface area (Å²) in [6.45, 7) is 13.6. The number of hydrogen-bond acceptors (Lipinski definition) is 11. The van der Waals surface area contributed by atoms with Crippen molar-refractivity contribution in [2.75, 3.05) is 14.2 Å². The average Bonchev–Trinajstić information content (AvgIpc) is 3.09. The highest BCUT2D eigenvalue weighted by atomic mass is 79.9. The second kappa shape index (κ2) is 24.3. The molecule has 0 aliphatic heterocycles. The van der Waals surface area contributed by atoms with E-state index in [1.165, 1.54) is 26.4 Å². The number of carboxylic acids is 1. The van der Waals surface area contributed by atoms with Gasteiger partial charge in [-0.15, -0.1) is 0 Å². The van der Waals surface area contributed by atoms with Crippen LogP contribution in [-0.2, 0) is 28.5 Å². The molecule has 0 heterocycles. The smallest absolute Gasteiger partial charge is 0.407 e. The number of nitrogens with one attached hydrogen (secondary N) is 3. The molecule has 2 rings (SSSR count). The normalized spacial score (nSPS) is 12.4.